The molecular formula is C18H24N2. The van der Waals surface area contributed by atoms with E-state index in [2.05, 4.69) is 65.8 Å². The highest BCUT2D eigenvalue weighted by Crippen LogP contribution is 2.26. The van der Waals surface area contributed by atoms with Crippen molar-refractivity contribution in [1.29, 1.82) is 0 Å². The Hall–Kier alpha value is -1.54. The third-order valence-electron chi connectivity index (χ3n) is 4.42. The molecule has 1 aromatic carbocycles. The summed E-state index contributed by atoms with van der Waals surface area (Å²) in [6.07, 6.45) is 2.61. The number of piperidine rings is 1. The number of aryl methyl sites for hydroxylation is 2. The minimum absolute atomic E-state index is 0.641. The molecule has 1 saturated heterocycles. The Bertz CT molecular complexity index is 537. The van der Waals surface area contributed by atoms with Crippen molar-refractivity contribution in [2.45, 2.75) is 39.3 Å². The second-order valence-electron chi connectivity index (χ2n) is 6.00. The van der Waals surface area contributed by atoms with Crippen molar-refractivity contribution in [3.8, 4) is 0 Å². The number of benzene rings is 1. The quantitative estimate of drug-likeness (QED) is 0.818. The van der Waals surface area contributed by atoms with E-state index in [0.29, 0.717) is 6.04 Å². The van der Waals surface area contributed by atoms with Crippen LogP contribution in [0.3, 0.4) is 0 Å². The highest BCUT2D eigenvalue weighted by molar-refractivity contribution is 5.16. The van der Waals surface area contributed by atoms with Crippen LogP contribution in [-0.2, 0) is 6.54 Å². The summed E-state index contributed by atoms with van der Waals surface area (Å²) in [5.74, 6) is 0. The van der Waals surface area contributed by atoms with Crippen LogP contribution in [0.2, 0.25) is 0 Å². The summed E-state index contributed by atoms with van der Waals surface area (Å²) < 4.78 is 2.52. The zero-order valence-corrected chi connectivity index (χ0v) is 12.5. The summed E-state index contributed by atoms with van der Waals surface area (Å²) in [7, 11) is 0. The van der Waals surface area contributed by atoms with Crippen LogP contribution in [0.25, 0.3) is 0 Å². The van der Waals surface area contributed by atoms with E-state index >= 15 is 0 Å². The maximum atomic E-state index is 2.60. The van der Waals surface area contributed by atoms with Crippen molar-refractivity contribution in [1.82, 2.24) is 9.47 Å². The first kappa shape index (κ1) is 13.4. The average Bonchev–Trinajstić information content (AvgIpc) is 2.80. The van der Waals surface area contributed by atoms with Gasteiger partial charge in [0.05, 0.1) is 0 Å². The molecule has 1 aliphatic heterocycles. The van der Waals surface area contributed by atoms with Gasteiger partial charge in [-0.15, -0.1) is 0 Å². The molecule has 1 aliphatic rings. The Morgan fingerprint density at radius 2 is 1.70 bits per heavy atom. The van der Waals surface area contributed by atoms with E-state index in [1.807, 2.05) is 0 Å². The Balaban J connectivity index is 1.71. The monoisotopic (exact) mass is 268 g/mol. The fraction of sp³-hybridized carbons (Fsp3) is 0.444. The van der Waals surface area contributed by atoms with Crippen LogP contribution in [0.4, 0.5) is 0 Å². The number of rotatable bonds is 3. The molecule has 2 nitrogen and oxygen atoms in total. The Morgan fingerprint density at radius 1 is 1.00 bits per heavy atom. The molecule has 1 atom stereocenters. The summed E-state index contributed by atoms with van der Waals surface area (Å²) in [4.78, 5) is 2.60. The third kappa shape index (κ3) is 2.80. The smallest absolute Gasteiger partial charge is 0.0463 e. The molecule has 1 aromatic heterocycles. The molecule has 0 radical (unpaired) electrons. The van der Waals surface area contributed by atoms with Crippen LogP contribution in [0.5, 0.6) is 0 Å². The first-order valence-corrected chi connectivity index (χ1v) is 7.65. The Kier molecular flexibility index (Phi) is 3.93. The lowest BCUT2D eigenvalue weighted by Crippen LogP contribution is -2.36. The van der Waals surface area contributed by atoms with Crippen LogP contribution in [0.15, 0.2) is 42.5 Å². The molecular weight excluding hydrogens is 244 g/mol. The van der Waals surface area contributed by atoms with Crippen LogP contribution in [0.1, 0.15) is 35.8 Å². The van der Waals surface area contributed by atoms with Crippen molar-refractivity contribution in [3.05, 3.63) is 59.4 Å². The Morgan fingerprint density at radius 3 is 2.40 bits per heavy atom. The zero-order chi connectivity index (χ0) is 13.9. The first-order chi connectivity index (χ1) is 9.74. The molecule has 2 heterocycles. The van der Waals surface area contributed by atoms with E-state index in [1.54, 1.807) is 0 Å². The number of hydrogen-bond acceptors (Lipinski definition) is 1. The lowest BCUT2D eigenvalue weighted by Gasteiger charge is -2.35. The zero-order valence-electron chi connectivity index (χ0n) is 12.5. The van der Waals surface area contributed by atoms with E-state index in [4.69, 9.17) is 0 Å². The molecule has 20 heavy (non-hydrogen) atoms. The molecule has 0 bridgehead atoms. The van der Waals surface area contributed by atoms with Gasteiger partial charge >= 0.3 is 0 Å². The highest BCUT2D eigenvalue weighted by Gasteiger charge is 2.22. The fourth-order valence-corrected chi connectivity index (χ4v) is 3.48. The van der Waals surface area contributed by atoms with Gasteiger partial charge in [-0.2, -0.15) is 0 Å². The standard InChI is InChI=1S/C18H24N2/c1-15-10-11-16(2)20(15)18-9-6-12-19(14-18)13-17-7-4-3-5-8-17/h3-5,7-8,10-11,18H,6,9,12-14H2,1-2H3. The van der Waals surface area contributed by atoms with Gasteiger partial charge in [0.15, 0.2) is 0 Å². The summed E-state index contributed by atoms with van der Waals surface area (Å²) in [6.45, 7) is 7.93. The van der Waals surface area contributed by atoms with Crippen molar-refractivity contribution in [2.75, 3.05) is 13.1 Å². The van der Waals surface area contributed by atoms with E-state index in [0.717, 1.165) is 6.54 Å². The lowest BCUT2D eigenvalue weighted by molar-refractivity contribution is 0.168. The second kappa shape index (κ2) is 5.84. The molecule has 0 aliphatic carbocycles. The number of aromatic nitrogens is 1. The van der Waals surface area contributed by atoms with Gasteiger partial charge in [0.2, 0.25) is 0 Å². The maximum Gasteiger partial charge on any atom is 0.0463 e. The van der Waals surface area contributed by atoms with Gasteiger partial charge in [-0.05, 0) is 50.9 Å². The largest absolute Gasteiger partial charge is 0.345 e. The maximum absolute atomic E-state index is 2.60. The summed E-state index contributed by atoms with van der Waals surface area (Å²) in [6, 6.07) is 16.0. The predicted molar refractivity (Wildman–Crippen MR) is 83.9 cm³/mol. The summed E-state index contributed by atoms with van der Waals surface area (Å²) in [5, 5.41) is 0. The highest BCUT2D eigenvalue weighted by atomic mass is 15.2. The lowest BCUT2D eigenvalue weighted by atomic mass is 10.0. The van der Waals surface area contributed by atoms with E-state index in [-0.39, 0.29) is 0 Å². The van der Waals surface area contributed by atoms with Gasteiger partial charge in [0.25, 0.3) is 0 Å². The summed E-state index contributed by atoms with van der Waals surface area (Å²) >= 11 is 0. The molecule has 0 spiro atoms. The number of nitrogens with zero attached hydrogens (tertiary/aromatic N) is 2. The molecule has 0 saturated carbocycles. The van der Waals surface area contributed by atoms with Crippen molar-refractivity contribution < 1.29 is 0 Å². The van der Waals surface area contributed by atoms with Crippen LogP contribution < -0.4 is 0 Å². The summed E-state index contributed by atoms with van der Waals surface area (Å²) in [5.41, 5.74) is 4.22. The fourth-order valence-electron chi connectivity index (χ4n) is 3.48. The topological polar surface area (TPSA) is 8.17 Å². The molecule has 3 rings (SSSR count). The van der Waals surface area contributed by atoms with Gasteiger partial charge in [-0.3, -0.25) is 4.90 Å². The minimum Gasteiger partial charge on any atom is -0.345 e. The Labute approximate surface area is 122 Å². The van der Waals surface area contributed by atoms with Crippen molar-refractivity contribution in [2.24, 2.45) is 0 Å². The van der Waals surface area contributed by atoms with E-state index in [1.165, 1.54) is 42.9 Å². The third-order valence-corrected chi connectivity index (χ3v) is 4.42. The van der Waals surface area contributed by atoms with E-state index < -0.39 is 0 Å². The molecule has 0 amide bonds. The molecule has 0 N–H and O–H groups in total. The average molecular weight is 268 g/mol. The van der Waals surface area contributed by atoms with Crippen LogP contribution in [0, 0.1) is 13.8 Å². The second-order valence-corrected chi connectivity index (χ2v) is 6.00. The molecule has 2 aromatic rings. The van der Waals surface area contributed by atoms with Crippen LogP contribution in [-0.4, -0.2) is 22.6 Å². The van der Waals surface area contributed by atoms with Crippen molar-refractivity contribution >= 4 is 0 Å². The van der Waals surface area contributed by atoms with Crippen molar-refractivity contribution in [3.63, 3.8) is 0 Å². The van der Waals surface area contributed by atoms with Gasteiger partial charge in [0.1, 0.15) is 0 Å². The van der Waals surface area contributed by atoms with Gasteiger partial charge in [-0.25, -0.2) is 0 Å². The first-order valence-electron chi connectivity index (χ1n) is 7.65. The normalized spacial score (nSPS) is 20.2. The number of likely N-dealkylation sites (tertiary alicyclic amines) is 1. The van der Waals surface area contributed by atoms with Gasteiger partial charge in [-0.1, -0.05) is 30.3 Å². The van der Waals surface area contributed by atoms with Gasteiger partial charge in [0, 0.05) is 30.5 Å². The molecule has 106 valence electrons. The SMILES string of the molecule is Cc1ccc(C)n1C1CCCN(Cc2ccccc2)C1. The molecule has 1 unspecified atom stereocenters. The number of hydrogen-bond donors (Lipinski definition) is 0. The van der Waals surface area contributed by atoms with Crippen LogP contribution >= 0.6 is 0 Å². The van der Waals surface area contributed by atoms with E-state index in [9.17, 15) is 0 Å². The predicted octanol–water partition coefficient (Wildman–Crippen LogP) is 3.94. The minimum atomic E-state index is 0.641. The molecule has 1 fully saturated rings. The van der Waals surface area contributed by atoms with Gasteiger partial charge < -0.3 is 4.57 Å². The molecule has 2 heteroatoms.